The largest absolute Gasteiger partial charge is 0.496 e. The van der Waals surface area contributed by atoms with Gasteiger partial charge < -0.3 is 9.72 Å². The first-order chi connectivity index (χ1) is 9.56. The lowest BCUT2D eigenvalue weighted by Gasteiger charge is -2.10. The Balaban J connectivity index is 2.56. The number of aromatic amines is 1. The van der Waals surface area contributed by atoms with Gasteiger partial charge in [-0.3, -0.25) is 9.36 Å². The van der Waals surface area contributed by atoms with E-state index < -0.39 is 11.2 Å². The lowest BCUT2D eigenvalue weighted by Crippen LogP contribution is -2.35. The average Bonchev–Trinajstić information content (AvgIpc) is 2.47. The number of nitrogens with one attached hydrogen (secondary N) is 1. The zero-order valence-corrected chi connectivity index (χ0v) is 12.1. The highest BCUT2D eigenvalue weighted by Gasteiger charge is 2.10. The summed E-state index contributed by atoms with van der Waals surface area (Å²) in [5.74, 6) is 0.510. The summed E-state index contributed by atoms with van der Waals surface area (Å²) in [7, 11) is 1.48. The van der Waals surface area contributed by atoms with Gasteiger partial charge in [-0.05, 0) is 34.1 Å². The van der Waals surface area contributed by atoms with Crippen molar-refractivity contribution in [3.63, 3.8) is 0 Å². The zero-order valence-electron chi connectivity index (χ0n) is 10.5. The van der Waals surface area contributed by atoms with Gasteiger partial charge in [-0.15, -0.1) is 0 Å². The third-order valence-corrected chi connectivity index (χ3v) is 3.32. The number of nitrogens with zero attached hydrogens (tertiary/aromatic N) is 2. The van der Waals surface area contributed by atoms with Gasteiger partial charge in [0.1, 0.15) is 5.75 Å². The molecule has 1 N–H and O–H groups in total. The van der Waals surface area contributed by atoms with Crippen LogP contribution in [0.2, 0.25) is 0 Å². The second-order valence-electron chi connectivity index (χ2n) is 3.97. The summed E-state index contributed by atoms with van der Waals surface area (Å²) in [5.41, 5.74) is 0.0401. The Morgan fingerprint density at radius 1 is 1.45 bits per heavy atom. The lowest BCUT2D eigenvalue weighted by molar-refractivity contribution is 0.407. The first-order valence-corrected chi connectivity index (χ1v) is 6.41. The molecule has 0 bridgehead atoms. The minimum absolute atomic E-state index is 0.0201. The average molecular weight is 336 g/mol. The van der Waals surface area contributed by atoms with E-state index in [0.29, 0.717) is 16.9 Å². The van der Waals surface area contributed by atoms with Crippen molar-refractivity contribution in [1.29, 1.82) is 5.26 Å². The van der Waals surface area contributed by atoms with Crippen LogP contribution in [0.15, 0.2) is 38.5 Å². The number of halogens is 1. The van der Waals surface area contributed by atoms with Crippen LogP contribution in [-0.4, -0.2) is 16.7 Å². The molecule has 0 atom stereocenters. The van der Waals surface area contributed by atoms with Crippen molar-refractivity contribution in [3.05, 3.63) is 60.8 Å². The topological polar surface area (TPSA) is 87.9 Å². The molecule has 2 aromatic rings. The molecule has 0 aliphatic heterocycles. The van der Waals surface area contributed by atoms with Crippen molar-refractivity contribution < 1.29 is 4.74 Å². The monoisotopic (exact) mass is 335 g/mol. The molecule has 0 saturated carbocycles. The van der Waals surface area contributed by atoms with E-state index in [4.69, 9.17) is 10.00 Å². The normalized spacial score (nSPS) is 10.1. The Hall–Kier alpha value is -2.33. The van der Waals surface area contributed by atoms with Gasteiger partial charge in [0.05, 0.1) is 29.8 Å². The van der Waals surface area contributed by atoms with Crippen LogP contribution < -0.4 is 16.0 Å². The van der Waals surface area contributed by atoms with Gasteiger partial charge in [0.2, 0.25) is 0 Å². The number of hydrogen-bond donors (Lipinski definition) is 1. The van der Waals surface area contributed by atoms with Gasteiger partial charge in [0.15, 0.2) is 0 Å². The van der Waals surface area contributed by atoms with E-state index in [-0.39, 0.29) is 11.0 Å². The highest BCUT2D eigenvalue weighted by Crippen LogP contribution is 2.20. The third kappa shape index (κ3) is 2.65. The molecule has 20 heavy (non-hydrogen) atoms. The fourth-order valence-electron chi connectivity index (χ4n) is 1.77. The van der Waals surface area contributed by atoms with E-state index >= 15 is 0 Å². The molecule has 0 aliphatic carbocycles. The number of H-pyrrole nitrogens is 1. The molecule has 0 amide bonds. The van der Waals surface area contributed by atoms with Crippen molar-refractivity contribution >= 4 is 15.9 Å². The second-order valence-corrected chi connectivity index (χ2v) is 4.83. The third-order valence-electron chi connectivity index (χ3n) is 2.75. The molecule has 1 aromatic heterocycles. The van der Waals surface area contributed by atoms with E-state index in [0.717, 1.165) is 4.57 Å². The Labute approximate surface area is 122 Å². The van der Waals surface area contributed by atoms with Crippen LogP contribution in [0.5, 0.6) is 5.75 Å². The molecule has 0 fully saturated rings. The fourth-order valence-corrected chi connectivity index (χ4v) is 2.10. The molecular formula is C13H10BrN3O3. The number of hydrogen-bond acceptors (Lipinski definition) is 4. The molecule has 1 aromatic carbocycles. The number of aromatic nitrogens is 2. The SMILES string of the molecule is COc1ccc(C#N)cc1Cn1c(=O)[nH]cc(Br)c1=O. The maximum Gasteiger partial charge on any atom is 0.328 e. The molecule has 0 aliphatic rings. The number of ether oxygens (including phenoxy) is 1. The van der Waals surface area contributed by atoms with Crippen molar-refractivity contribution in [2.45, 2.75) is 6.54 Å². The highest BCUT2D eigenvalue weighted by molar-refractivity contribution is 9.10. The van der Waals surface area contributed by atoms with Crippen molar-refractivity contribution in [2.24, 2.45) is 0 Å². The van der Waals surface area contributed by atoms with Gasteiger partial charge in [0, 0.05) is 11.8 Å². The van der Waals surface area contributed by atoms with Crippen LogP contribution >= 0.6 is 15.9 Å². The molecule has 0 unspecified atom stereocenters. The molecule has 1 heterocycles. The molecule has 0 spiro atoms. The molecule has 7 heteroatoms. The number of benzene rings is 1. The van der Waals surface area contributed by atoms with Crippen molar-refractivity contribution in [2.75, 3.05) is 7.11 Å². The zero-order chi connectivity index (χ0) is 14.7. The number of rotatable bonds is 3. The van der Waals surface area contributed by atoms with Gasteiger partial charge in [-0.25, -0.2) is 4.79 Å². The van der Waals surface area contributed by atoms with E-state index in [1.807, 2.05) is 6.07 Å². The first-order valence-electron chi connectivity index (χ1n) is 5.62. The Morgan fingerprint density at radius 2 is 2.20 bits per heavy atom. The van der Waals surface area contributed by atoms with Gasteiger partial charge >= 0.3 is 5.69 Å². The predicted molar refractivity (Wildman–Crippen MR) is 75.8 cm³/mol. The van der Waals surface area contributed by atoms with E-state index in [1.165, 1.54) is 13.3 Å². The minimum atomic E-state index is -0.525. The van der Waals surface area contributed by atoms with Crippen LogP contribution in [0, 0.1) is 11.3 Å². The molecule has 0 saturated heterocycles. The van der Waals surface area contributed by atoms with Gasteiger partial charge in [-0.2, -0.15) is 5.26 Å². The number of methoxy groups -OCH3 is 1. The van der Waals surface area contributed by atoms with E-state index in [9.17, 15) is 9.59 Å². The molecule has 6 nitrogen and oxygen atoms in total. The Kier molecular flexibility index (Phi) is 4.05. The maximum atomic E-state index is 11.9. The summed E-state index contributed by atoms with van der Waals surface area (Å²) in [6, 6.07) is 6.83. The van der Waals surface area contributed by atoms with E-state index in [1.54, 1.807) is 18.2 Å². The summed E-state index contributed by atoms with van der Waals surface area (Å²) in [4.78, 5) is 26.1. The van der Waals surface area contributed by atoms with Gasteiger partial charge in [-0.1, -0.05) is 0 Å². The minimum Gasteiger partial charge on any atom is -0.496 e. The summed E-state index contributed by atoms with van der Waals surface area (Å²) in [5, 5.41) is 8.91. The van der Waals surface area contributed by atoms with Crippen LogP contribution in [-0.2, 0) is 6.54 Å². The number of nitriles is 1. The molecular weight excluding hydrogens is 326 g/mol. The second kappa shape index (κ2) is 5.75. The van der Waals surface area contributed by atoms with Gasteiger partial charge in [0.25, 0.3) is 5.56 Å². The van der Waals surface area contributed by atoms with Crippen LogP contribution in [0.1, 0.15) is 11.1 Å². The quantitative estimate of drug-likeness (QED) is 0.913. The summed E-state index contributed by atoms with van der Waals surface area (Å²) >= 11 is 3.07. The lowest BCUT2D eigenvalue weighted by atomic mass is 10.1. The maximum absolute atomic E-state index is 11.9. The van der Waals surface area contributed by atoms with Crippen LogP contribution in [0.4, 0.5) is 0 Å². The summed E-state index contributed by atoms with van der Waals surface area (Å²) in [6.45, 7) is 0.0201. The summed E-state index contributed by atoms with van der Waals surface area (Å²) in [6.07, 6.45) is 1.30. The van der Waals surface area contributed by atoms with E-state index in [2.05, 4.69) is 20.9 Å². The standard InChI is InChI=1S/C13H10BrN3O3/c1-20-11-3-2-8(5-15)4-9(11)7-17-12(18)10(14)6-16-13(17)19/h2-4,6H,7H2,1H3,(H,16,19). The van der Waals surface area contributed by atoms with Crippen LogP contribution in [0.25, 0.3) is 0 Å². The fraction of sp³-hybridized carbons (Fsp3) is 0.154. The highest BCUT2D eigenvalue weighted by atomic mass is 79.9. The smallest absolute Gasteiger partial charge is 0.328 e. The molecule has 2 rings (SSSR count). The molecule has 0 radical (unpaired) electrons. The summed E-state index contributed by atoms with van der Waals surface area (Å²) < 4.78 is 6.47. The first kappa shape index (κ1) is 14.1. The molecule has 102 valence electrons. The predicted octanol–water partition coefficient (Wildman–Crippen LogP) is 1.23. The Morgan fingerprint density at radius 3 is 2.85 bits per heavy atom. The van der Waals surface area contributed by atoms with Crippen LogP contribution in [0.3, 0.4) is 0 Å². The Bertz CT molecular complexity index is 802. The van der Waals surface area contributed by atoms with Crippen molar-refractivity contribution in [1.82, 2.24) is 9.55 Å². The van der Waals surface area contributed by atoms with Crippen molar-refractivity contribution in [3.8, 4) is 11.8 Å².